The van der Waals surface area contributed by atoms with Crippen LogP contribution in [0.4, 0.5) is 0 Å². The van der Waals surface area contributed by atoms with Crippen molar-refractivity contribution in [1.82, 2.24) is 5.32 Å². The summed E-state index contributed by atoms with van der Waals surface area (Å²) < 4.78 is 5.17. The van der Waals surface area contributed by atoms with Gasteiger partial charge in [0.2, 0.25) is 0 Å². The van der Waals surface area contributed by atoms with Crippen LogP contribution in [0, 0.1) is 0 Å². The molecular formula is C13H9BrClNO4. The van der Waals surface area contributed by atoms with E-state index in [0.717, 1.165) is 0 Å². The number of hydrogen-bond donors (Lipinski definition) is 2. The fourth-order valence-electron chi connectivity index (χ4n) is 1.65. The van der Waals surface area contributed by atoms with Gasteiger partial charge in [0.05, 0.1) is 11.8 Å². The molecule has 0 aliphatic rings. The van der Waals surface area contributed by atoms with Gasteiger partial charge in [0.15, 0.2) is 10.7 Å². The molecule has 2 aromatic rings. The Labute approximate surface area is 127 Å². The normalized spacial score (nSPS) is 11.9. The van der Waals surface area contributed by atoms with E-state index < -0.39 is 17.9 Å². The largest absolute Gasteiger partial charge is 0.479 e. The topological polar surface area (TPSA) is 79.5 Å². The summed E-state index contributed by atoms with van der Waals surface area (Å²) in [5.41, 5.74) is 0.526. The zero-order chi connectivity index (χ0) is 14.7. The lowest BCUT2D eigenvalue weighted by atomic mass is 10.1. The van der Waals surface area contributed by atoms with Crippen molar-refractivity contribution in [2.45, 2.75) is 6.04 Å². The van der Waals surface area contributed by atoms with Gasteiger partial charge in [-0.05, 0) is 28.1 Å². The van der Waals surface area contributed by atoms with E-state index in [1.54, 1.807) is 24.3 Å². The Morgan fingerprint density at radius 3 is 2.55 bits per heavy atom. The summed E-state index contributed by atoms with van der Waals surface area (Å²) in [6.45, 7) is 0. The standard InChI is InChI=1S/C13H9BrClNO4/c14-11-8(5-6-20-11)12(17)16-10(13(18)19)7-3-1-2-4-9(7)15/h1-6,10H,(H,16,17)(H,18,19)/t10-/m1/s1. The van der Waals surface area contributed by atoms with Gasteiger partial charge in [0, 0.05) is 10.6 Å². The first-order valence-electron chi connectivity index (χ1n) is 5.52. The van der Waals surface area contributed by atoms with Crippen molar-refractivity contribution in [3.8, 4) is 0 Å². The molecule has 1 aromatic heterocycles. The first-order chi connectivity index (χ1) is 9.50. The third-order valence-electron chi connectivity index (χ3n) is 2.60. The van der Waals surface area contributed by atoms with E-state index in [9.17, 15) is 14.7 Å². The summed E-state index contributed by atoms with van der Waals surface area (Å²) in [5.74, 6) is -1.77. The Morgan fingerprint density at radius 2 is 2.00 bits per heavy atom. The average Bonchev–Trinajstić information content (AvgIpc) is 2.83. The highest BCUT2D eigenvalue weighted by Crippen LogP contribution is 2.24. The van der Waals surface area contributed by atoms with E-state index in [1.165, 1.54) is 12.3 Å². The lowest BCUT2D eigenvalue weighted by molar-refractivity contribution is -0.139. The summed E-state index contributed by atoms with van der Waals surface area (Å²) in [6.07, 6.45) is 1.32. The molecule has 0 aliphatic carbocycles. The van der Waals surface area contributed by atoms with Crippen LogP contribution in [0.15, 0.2) is 45.7 Å². The molecule has 5 nitrogen and oxygen atoms in total. The van der Waals surface area contributed by atoms with Gasteiger partial charge in [-0.25, -0.2) is 4.79 Å². The Bertz CT molecular complexity index is 655. The molecule has 0 radical (unpaired) electrons. The number of furan rings is 1. The number of benzene rings is 1. The highest BCUT2D eigenvalue weighted by Gasteiger charge is 2.26. The maximum Gasteiger partial charge on any atom is 0.330 e. The lowest BCUT2D eigenvalue weighted by Gasteiger charge is -2.15. The number of carbonyl (C=O) groups is 2. The second-order valence-corrected chi connectivity index (χ2v) is 5.00. The first-order valence-corrected chi connectivity index (χ1v) is 6.69. The highest BCUT2D eigenvalue weighted by atomic mass is 79.9. The van der Waals surface area contributed by atoms with Crippen molar-refractivity contribution in [2.24, 2.45) is 0 Å². The highest BCUT2D eigenvalue weighted by molar-refractivity contribution is 9.10. The maximum absolute atomic E-state index is 12.0. The average molecular weight is 359 g/mol. The van der Waals surface area contributed by atoms with Crippen molar-refractivity contribution in [2.75, 3.05) is 0 Å². The number of carboxylic acids is 1. The summed E-state index contributed by atoms with van der Waals surface area (Å²) in [5, 5.41) is 11.9. The van der Waals surface area contributed by atoms with Gasteiger partial charge < -0.3 is 14.8 Å². The van der Waals surface area contributed by atoms with Crippen molar-refractivity contribution >= 4 is 39.4 Å². The number of aliphatic carboxylic acids is 1. The number of amides is 1. The first kappa shape index (κ1) is 14.6. The molecule has 1 heterocycles. The van der Waals surface area contributed by atoms with Gasteiger partial charge in [0.25, 0.3) is 5.91 Å². The van der Waals surface area contributed by atoms with Crippen LogP contribution in [0.25, 0.3) is 0 Å². The van der Waals surface area contributed by atoms with Crippen molar-refractivity contribution < 1.29 is 19.1 Å². The molecule has 0 saturated heterocycles. The van der Waals surface area contributed by atoms with Gasteiger partial charge in [0.1, 0.15) is 0 Å². The van der Waals surface area contributed by atoms with E-state index in [4.69, 9.17) is 16.0 Å². The summed E-state index contributed by atoms with van der Waals surface area (Å²) in [7, 11) is 0. The molecule has 1 aromatic carbocycles. The van der Waals surface area contributed by atoms with Crippen LogP contribution in [0.1, 0.15) is 22.0 Å². The van der Waals surface area contributed by atoms with Crippen LogP contribution in [0.3, 0.4) is 0 Å². The van der Waals surface area contributed by atoms with Gasteiger partial charge >= 0.3 is 5.97 Å². The van der Waals surface area contributed by atoms with Gasteiger partial charge in [-0.1, -0.05) is 29.8 Å². The quantitative estimate of drug-likeness (QED) is 0.879. The lowest BCUT2D eigenvalue weighted by Crippen LogP contribution is -2.33. The minimum Gasteiger partial charge on any atom is -0.479 e. The number of rotatable bonds is 4. The zero-order valence-electron chi connectivity index (χ0n) is 9.97. The van der Waals surface area contributed by atoms with E-state index >= 15 is 0 Å². The summed E-state index contributed by atoms with van der Waals surface area (Å²) >= 11 is 9.02. The van der Waals surface area contributed by atoms with Gasteiger partial charge in [-0.2, -0.15) is 0 Å². The molecule has 7 heteroatoms. The molecule has 0 saturated carbocycles. The molecule has 104 valence electrons. The summed E-state index contributed by atoms with van der Waals surface area (Å²) in [6, 6.07) is 6.64. The van der Waals surface area contributed by atoms with Crippen LogP contribution in [-0.2, 0) is 4.79 Å². The van der Waals surface area contributed by atoms with Crippen molar-refractivity contribution in [1.29, 1.82) is 0 Å². The fraction of sp³-hybridized carbons (Fsp3) is 0.0769. The number of hydrogen-bond acceptors (Lipinski definition) is 3. The molecule has 1 atom stereocenters. The van der Waals surface area contributed by atoms with E-state index in [2.05, 4.69) is 21.2 Å². The molecule has 0 unspecified atom stereocenters. The number of carbonyl (C=O) groups excluding carboxylic acids is 1. The Morgan fingerprint density at radius 1 is 1.30 bits per heavy atom. The number of halogens is 2. The van der Waals surface area contributed by atoms with Crippen LogP contribution >= 0.6 is 27.5 Å². The van der Waals surface area contributed by atoms with E-state index in [1.807, 2.05) is 0 Å². The molecule has 2 rings (SSSR count). The van der Waals surface area contributed by atoms with Crippen LogP contribution < -0.4 is 5.32 Å². The Kier molecular flexibility index (Phi) is 4.46. The molecule has 1 amide bonds. The monoisotopic (exact) mass is 357 g/mol. The summed E-state index contributed by atoms with van der Waals surface area (Å²) in [4.78, 5) is 23.4. The molecule has 2 N–H and O–H groups in total. The zero-order valence-corrected chi connectivity index (χ0v) is 12.3. The smallest absolute Gasteiger partial charge is 0.330 e. The predicted molar refractivity (Wildman–Crippen MR) is 75.7 cm³/mol. The molecular weight excluding hydrogens is 350 g/mol. The molecule has 0 aliphatic heterocycles. The van der Waals surface area contributed by atoms with Gasteiger partial charge in [-0.3, -0.25) is 4.79 Å². The second kappa shape index (κ2) is 6.11. The van der Waals surface area contributed by atoms with Crippen LogP contribution in [0.5, 0.6) is 0 Å². The van der Waals surface area contributed by atoms with Crippen LogP contribution in [-0.4, -0.2) is 17.0 Å². The Hall–Kier alpha value is -1.79. The SMILES string of the molecule is O=C(N[C@@H](C(=O)O)c1ccccc1Cl)c1ccoc1Br. The molecule has 0 fully saturated rings. The van der Waals surface area contributed by atoms with Gasteiger partial charge in [-0.15, -0.1) is 0 Å². The van der Waals surface area contributed by atoms with E-state index in [0.29, 0.717) is 5.56 Å². The Balaban J connectivity index is 2.28. The molecule has 0 spiro atoms. The molecule has 0 bridgehead atoms. The third-order valence-corrected chi connectivity index (χ3v) is 3.56. The predicted octanol–water partition coefficient (Wildman–Crippen LogP) is 3.25. The van der Waals surface area contributed by atoms with Crippen molar-refractivity contribution in [3.05, 3.63) is 57.4 Å². The molecule has 20 heavy (non-hydrogen) atoms. The maximum atomic E-state index is 12.0. The second-order valence-electron chi connectivity index (χ2n) is 3.87. The minimum absolute atomic E-state index is 0.211. The third kappa shape index (κ3) is 3.02. The van der Waals surface area contributed by atoms with E-state index in [-0.39, 0.29) is 15.3 Å². The number of carboxylic acid groups (broad SMARTS) is 1. The van der Waals surface area contributed by atoms with Crippen LogP contribution in [0.2, 0.25) is 5.02 Å². The minimum atomic E-state index is -1.24. The van der Waals surface area contributed by atoms with Crippen molar-refractivity contribution in [3.63, 3.8) is 0 Å². The number of nitrogens with one attached hydrogen (secondary N) is 1. The fourth-order valence-corrected chi connectivity index (χ4v) is 2.31.